The van der Waals surface area contributed by atoms with E-state index < -0.39 is 0 Å². The predicted molar refractivity (Wildman–Crippen MR) is 237 cm³/mol. The highest BCUT2D eigenvalue weighted by Crippen LogP contribution is 2.41. The summed E-state index contributed by atoms with van der Waals surface area (Å²) in [5.41, 5.74) is 10.7. The molecule has 12 aromatic rings. The first-order valence-electron chi connectivity index (χ1n) is 19.4. The molecule has 0 radical (unpaired) electrons. The first kappa shape index (κ1) is 32.4. The van der Waals surface area contributed by atoms with Crippen LogP contribution in [0.15, 0.2) is 197 Å². The lowest BCUT2D eigenvalue weighted by molar-refractivity contribution is 0.669. The molecule has 3 aromatic heterocycles. The van der Waals surface area contributed by atoms with E-state index in [9.17, 15) is 0 Å². The van der Waals surface area contributed by atoms with Gasteiger partial charge in [0.05, 0.1) is 0 Å². The van der Waals surface area contributed by atoms with Crippen LogP contribution in [0.5, 0.6) is 0 Å². The van der Waals surface area contributed by atoms with Crippen LogP contribution in [-0.2, 0) is 0 Å². The molecule has 5 heteroatoms. The lowest BCUT2D eigenvalue weighted by Gasteiger charge is -2.12. The molecular formula is C53H31N3O2. The third-order valence-electron chi connectivity index (χ3n) is 11.3. The molecule has 0 aliphatic rings. The van der Waals surface area contributed by atoms with Crippen molar-refractivity contribution in [2.45, 2.75) is 0 Å². The number of para-hydroxylation sites is 1. The monoisotopic (exact) mass is 741 g/mol. The zero-order valence-electron chi connectivity index (χ0n) is 31.1. The van der Waals surface area contributed by atoms with Crippen LogP contribution in [0.4, 0.5) is 0 Å². The van der Waals surface area contributed by atoms with Gasteiger partial charge in [-0.05, 0) is 80.2 Å². The van der Waals surface area contributed by atoms with Gasteiger partial charge in [0.15, 0.2) is 17.5 Å². The van der Waals surface area contributed by atoms with Gasteiger partial charge >= 0.3 is 0 Å². The number of fused-ring (bicyclic) bond motifs is 9. The number of hydrogen-bond donors (Lipinski definition) is 0. The molecule has 0 unspecified atom stereocenters. The second kappa shape index (κ2) is 12.8. The molecule has 0 amide bonds. The van der Waals surface area contributed by atoms with Gasteiger partial charge in [0.2, 0.25) is 0 Å². The van der Waals surface area contributed by atoms with Crippen molar-refractivity contribution in [3.8, 4) is 56.4 Å². The van der Waals surface area contributed by atoms with Gasteiger partial charge in [-0.15, -0.1) is 0 Å². The van der Waals surface area contributed by atoms with Crippen molar-refractivity contribution in [3.05, 3.63) is 188 Å². The van der Waals surface area contributed by atoms with Crippen LogP contribution in [0.2, 0.25) is 0 Å². The lowest BCUT2D eigenvalue weighted by Crippen LogP contribution is -2.00. The van der Waals surface area contributed by atoms with Crippen LogP contribution in [0.1, 0.15) is 0 Å². The summed E-state index contributed by atoms with van der Waals surface area (Å²) in [4.78, 5) is 15.3. The highest BCUT2D eigenvalue weighted by atomic mass is 16.3. The standard InChI is InChI=1S/C53H31N3O2/c1-2-11-34(12-3-1)51-54-52(35-22-20-32(21-23-35)36-24-28-43-42-15-6-7-18-45(42)57-48(43)31-36)56-53(55-51)44-17-8-13-37-30-38(25-27-39(37)44)41-16-9-19-46-50(41)49-40-14-5-4-10-33(40)26-29-47(49)58-46/h1-31H. The molecular weight excluding hydrogens is 711 g/mol. The van der Waals surface area contributed by atoms with Gasteiger partial charge in [-0.1, -0.05) is 152 Å². The highest BCUT2D eigenvalue weighted by molar-refractivity contribution is 6.23. The van der Waals surface area contributed by atoms with E-state index in [1.807, 2.05) is 48.5 Å². The zero-order chi connectivity index (χ0) is 38.2. The maximum absolute atomic E-state index is 6.41. The summed E-state index contributed by atoms with van der Waals surface area (Å²) < 4.78 is 12.6. The number of furan rings is 2. The van der Waals surface area contributed by atoms with Crippen LogP contribution in [0.25, 0.3) is 122 Å². The Morgan fingerprint density at radius 3 is 1.74 bits per heavy atom. The summed E-state index contributed by atoms with van der Waals surface area (Å²) in [7, 11) is 0. The topological polar surface area (TPSA) is 65.0 Å². The first-order valence-corrected chi connectivity index (χ1v) is 19.4. The first-order chi connectivity index (χ1) is 28.7. The number of rotatable bonds is 5. The molecule has 58 heavy (non-hydrogen) atoms. The van der Waals surface area contributed by atoms with E-state index in [4.69, 9.17) is 23.8 Å². The van der Waals surface area contributed by atoms with Crippen molar-refractivity contribution >= 4 is 65.4 Å². The predicted octanol–water partition coefficient (Wildman–Crippen LogP) is 14.3. The van der Waals surface area contributed by atoms with Gasteiger partial charge < -0.3 is 8.83 Å². The summed E-state index contributed by atoms with van der Waals surface area (Å²) in [5, 5.41) is 9.05. The minimum atomic E-state index is 0.613. The van der Waals surface area contributed by atoms with Gasteiger partial charge in [0.25, 0.3) is 0 Å². The number of hydrogen-bond acceptors (Lipinski definition) is 5. The average Bonchev–Trinajstić information content (AvgIpc) is 3.87. The van der Waals surface area contributed by atoms with Gasteiger partial charge in [-0.3, -0.25) is 0 Å². The Kier molecular flexibility index (Phi) is 7.16. The Morgan fingerprint density at radius 1 is 0.276 bits per heavy atom. The van der Waals surface area contributed by atoms with Crippen LogP contribution in [0.3, 0.4) is 0 Å². The molecule has 0 spiro atoms. The van der Waals surface area contributed by atoms with Crippen LogP contribution in [-0.4, -0.2) is 15.0 Å². The molecule has 0 saturated carbocycles. The third-order valence-corrected chi connectivity index (χ3v) is 11.3. The zero-order valence-corrected chi connectivity index (χ0v) is 31.1. The molecule has 0 bridgehead atoms. The van der Waals surface area contributed by atoms with Crippen LogP contribution in [0, 0.1) is 0 Å². The van der Waals surface area contributed by atoms with E-state index in [-0.39, 0.29) is 0 Å². The Morgan fingerprint density at radius 2 is 0.862 bits per heavy atom. The van der Waals surface area contributed by atoms with Gasteiger partial charge in [-0.2, -0.15) is 0 Å². The number of benzene rings is 9. The molecule has 0 saturated heterocycles. The molecule has 0 atom stereocenters. The van der Waals surface area contributed by atoms with E-state index >= 15 is 0 Å². The summed E-state index contributed by atoms with van der Waals surface area (Å²) in [6, 6.07) is 65.2. The van der Waals surface area contributed by atoms with E-state index in [0.29, 0.717) is 17.5 Å². The summed E-state index contributed by atoms with van der Waals surface area (Å²) in [5.74, 6) is 1.86. The molecule has 3 heterocycles. The molecule has 0 aliphatic heterocycles. The smallest absolute Gasteiger partial charge is 0.164 e. The molecule has 0 aliphatic carbocycles. The van der Waals surface area contributed by atoms with E-state index in [1.165, 1.54) is 10.8 Å². The number of aromatic nitrogens is 3. The maximum atomic E-state index is 6.41. The van der Waals surface area contributed by atoms with Crippen molar-refractivity contribution in [1.82, 2.24) is 15.0 Å². The molecule has 270 valence electrons. The lowest BCUT2D eigenvalue weighted by atomic mass is 9.94. The fourth-order valence-electron chi connectivity index (χ4n) is 8.53. The van der Waals surface area contributed by atoms with Crippen molar-refractivity contribution in [2.75, 3.05) is 0 Å². The van der Waals surface area contributed by atoms with Gasteiger partial charge in [-0.25, -0.2) is 15.0 Å². The van der Waals surface area contributed by atoms with Crippen molar-refractivity contribution in [1.29, 1.82) is 0 Å². The maximum Gasteiger partial charge on any atom is 0.164 e. The number of nitrogens with zero attached hydrogens (tertiary/aromatic N) is 3. The molecule has 5 nitrogen and oxygen atoms in total. The molecule has 12 rings (SSSR count). The SMILES string of the molecule is c1ccc(-c2nc(-c3ccc(-c4ccc5c(c4)oc4ccccc45)cc3)nc(-c3cccc4cc(-c5cccc6oc7ccc8ccccc8c7c56)ccc34)n2)cc1. The van der Waals surface area contributed by atoms with Gasteiger partial charge in [0.1, 0.15) is 22.3 Å². The quantitative estimate of drug-likeness (QED) is 0.176. The average molecular weight is 742 g/mol. The second-order valence-corrected chi connectivity index (χ2v) is 14.7. The van der Waals surface area contributed by atoms with Crippen molar-refractivity contribution in [3.63, 3.8) is 0 Å². The minimum absolute atomic E-state index is 0.613. The Balaban J connectivity index is 0.962. The summed E-state index contributed by atoms with van der Waals surface area (Å²) >= 11 is 0. The van der Waals surface area contributed by atoms with Gasteiger partial charge in [0, 0.05) is 38.2 Å². The highest BCUT2D eigenvalue weighted by Gasteiger charge is 2.18. The Bertz CT molecular complexity index is 3570. The fraction of sp³-hybridized carbons (Fsp3) is 0. The Labute approximate surface area is 332 Å². The molecule has 9 aromatic carbocycles. The second-order valence-electron chi connectivity index (χ2n) is 14.7. The summed E-state index contributed by atoms with van der Waals surface area (Å²) in [6.45, 7) is 0. The van der Waals surface area contributed by atoms with Crippen LogP contribution >= 0.6 is 0 Å². The Hall–Kier alpha value is -7.89. The molecule has 0 N–H and O–H groups in total. The van der Waals surface area contributed by atoms with Crippen LogP contribution < -0.4 is 0 Å². The van der Waals surface area contributed by atoms with Crippen molar-refractivity contribution < 1.29 is 8.83 Å². The van der Waals surface area contributed by atoms with E-state index in [0.717, 1.165) is 93.6 Å². The van der Waals surface area contributed by atoms with E-state index in [1.54, 1.807) is 0 Å². The van der Waals surface area contributed by atoms with E-state index in [2.05, 4.69) is 140 Å². The third kappa shape index (κ3) is 5.21. The van der Waals surface area contributed by atoms with Crippen molar-refractivity contribution in [2.24, 2.45) is 0 Å². The largest absolute Gasteiger partial charge is 0.456 e. The molecule has 0 fully saturated rings. The minimum Gasteiger partial charge on any atom is -0.456 e. The fourth-order valence-corrected chi connectivity index (χ4v) is 8.53. The normalized spacial score (nSPS) is 11.8. The summed E-state index contributed by atoms with van der Waals surface area (Å²) in [6.07, 6.45) is 0.